The van der Waals surface area contributed by atoms with Crippen molar-refractivity contribution in [2.24, 2.45) is 23.3 Å². The zero-order valence-corrected chi connectivity index (χ0v) is 18.4. The average Bonchev–Trinajstić information content (AvgIpc) is 2.74. The topological polar surface area (TPSA) is 148 Å². The molecule has 0 aliphatic rings. The lowest BCUT2D eigenvalue weighted by atomic mass is 10.0. The maximum absolute atomic E-state index is 12.3. The molecule has 4 unspecified atom stereocenters. The molecule has 9 nitrogen and oxygen atoms in total. The van der Waals surface area contributed by atoms with Crippen LogP contribution in [0, 0.1) is 11.8 Å². The summed E-state index contributed by atoms with van der Waals surface area (Å²) in [6, 6.07) is 6.99. The fraction of sp³-hybridized carbons (Fsp3) is 0.545. The zero-order chi connectivity index (χ0) is 23.6. The SMILES string of the molecule is CC(C)C(N)C(=O)OC(C=O)C(CC(=O)OCc1ccccc1)OC(=O)C(N)C(C)C. The third-order valence-corrected chi connectivity index (χ3v) is 4.61. The normalized spacial score (nSPS) is 15.0. The number of carbonyl (C=O) groups excluding carboxylic acids is 4. The van der Waals surface area contributed by atoms with E-state index >= 15 is 0 Å². The van der Waals surface area contributed by atoms with E-state index < -0.39 is 48.6 Å². The number of hydrogen-bond donors (Lipinski definition) is 2. The summed E-state index contributed by atoms with van der Waals surface area (Å²) >= 11 is 0. The minimum Gasteiger partial charge on any atom is -0.461 e. The Labute approximate surface area is 182 Å². The van der Waals surface area contributed by atoms with Gasteiger partial charge in [0.1, 0.15) is 18.7 Å². The van der Waals surface area contributed by atoms with Gasteiger partial charge in [-0.2, -0.15) is 0 Å². The third kappa shape index (κ3) is 8.85. The molecule has 0 spiro atoms. The molecule has 0 fully saturated rings. The molecule has 172 valence electrons. The molecule has 0 aliphatic heterocycles. The van der Waals surface area contributed by atoms with Crippen LogP contribution in [0.25, 0.3) is 0 Å². The molecule has 0 aromatic heterocycles. The highest BCUT2D eigenvalue weighted by Gasteiger charge is 2.35. The van der Waals surface area contributed by atoms with E-state index in [9.17, 15) is 19.2 Å². The first-order chi connectivity index (χ1) is 14.6. The van der Waals surface area contributed by atoms with Crippen molar-refractivity contribution in [3.05, 3.63) is 35.9 Å². The van der Waals surface area contributed by atoms with E-state index in [1.807, 2.05) is 6.07 Å². The maximum atomic E-state index is 12.3. The van der Waals surface area contributed by atoms with E-state index in [1.165, 1.54) is 0 Å². The fourth-order valence-electron chi connectivity index (χ4n) is 2.36. The number of ether oxygens (including phenoxy) is 3. The van der Waals surface area contributed by atoms with Crippen molar-refractivity contribution in [1.29, 1.82) is 0 Å². The van der Waals surface area contributed by atoms with Crippen LogP contribution in [-0.2, 0) is 40.0 Å². The zero-order valence-electron chi connectivity index (χ0n) is 18.4. The molecule has 1 aromatic rings. The van der Waals surface area contributed by atoms with Gasteiger partial charge in [0.25, 0.3) is 0 Å². The summed E-state index contributed by atoms with van der Waals surface area (Å²) < 4.78 is 15.6. The van der Waals surface area contributed by atoms with Gasteiger partial charge in [-0.1, -0.05) is 58.0 Å². The minimum atomic E-state index is -1.54. The van der Waals surface area contributed by atoms with Crippen LogP contribution >= 0.6 is 0 Å². The summed E-state index contributed by atoms with van der Waals surface area (Å²) in [5.74, 6) is -2.91. The Morgan fingerprint density at radius 3 is 1.90 bits per heavy atom. The molecule has 0 radical (unpaired) electrons. The second-order valence-electron chi connectivity index (χ2n) is 7.90. The Balaban J connectivity index is 2.92. The van der Waals surface area contributed by atoms with Gasteiger partial charge in [-0.15, -0.1) is 0 Å². The van der Waals surface area contributed by atoms with E-state index in [0.717, 1.165) is 5.56 Å². The highest BCUT2D eigenvalue weighted by atomic mass is 16.6. The van der Waals surface area contributed by atoms with Crippen LogP contribution in [0.2, 0.25) is 0 Å². The van der Waals surface area contributed by atoms with Gasteiger partial charge in [0.05, 0.1) is 6.42 Å². The maximum Gasteiger partial charge on any atom is 0.324 e. The number of rotatable bonds is 12. The molecule has 0 aliphatic carbocycles. The summed E-state index contributed by atoms with van der Waals surface area (Å²) in [5, 5.41) is 0. The largest absolute Gasteiger partial charge is 0.461 e. The smallest absolute Gasteiger partial charge is 0.324 e. The van der Waals surface area contributed by atoms with Crippen molar-refractivity contribution in [1.82, 2.24) is 0 Å². The summed E-state index contributed by atoms with van der Waals surface area (Å²) in [5.41, 5.74) is 12.3. The Morgan fingerprint density at radius 1 is 0.903 bits per heavy atom. The Kier molecular flexibility index (Phi) is 10.8. The molecular weight excluding hydrogens is 404 g/mol. The number of hydrogen-bond acceptors (Lipinski definition) is 9. The summed E-state index contributed by atoms with van der Waals surface area (Å²) in [4.78, 5) is 48.5. The van der Waals surface area contributed by atoms with Crippen molar-refractivity contribution in [3.63, 3.8) is 0 Å². The van der Waals surface area contributed by atoms with Crippen LogP contribution in [0.15, 0.2) is 30.3 Å². The van der Waals surface area contributed by atoms with Gasteiger partial charge in [-0.25, -0.2) is 0 Å². The predicted octanol–water partition coefficient (Wildman–Crippen LogP) is 1.11. The molecule has 1 aromatic carbocycles. The van der Waals surface area contributed by atoms with Crippen molar-refractivity contribution in [2.45, 2.75) is 65.0 Å². The molecule has 4 atom stereocenters. The van der Waals surface area contributed by atoms with Gasteiger partial charge in [-0.3, -0.25) is 19.2 Å². The molecule has 0 amide bonds. The highest BCUT2D eigenvalue weighted by Crippen LogP contribution is 2.14. The lowest BCUT2D eigenvalue weighted by Gasteiger charge is -2.26. The number of nitrogens with two attached hydrogens (primary N) is 2. The quantitative estimate of drug-likeness (QED) is 0.279. The van der Waals surface area contributed by atoms with Crippen LogP contribution < -0.4 is 11.5 Å². The Hall–Kier alpha value is -2.78. The first-order valence-corrected chi connectivity index (χ1v) is 10.1. The lowest BCUT2D eigenvalue weighted by molar-refractivity contribution is -0.175. The molecule has 0 heterocycles. The Bertz CT molecular complexity index is 737. The van der Waals surface area contributed by atoms with Crippen LogP contribution in [0.3, 0.4) is 0 Å². The minimum absolute atomic E-state index is 0.00435. The van der Waals surface area contributed by atoms with Crippen LogP contribution in [0.1, 0.15) is 39.7 Å². The first-order valence-electron chi connectivity index (χ1n) is 10.1. The van der Waals surface area contributed by atoms with Crippen LogP contribution in [0.4, 0.5) is 0 Å². The van der Waals surface area contributed by atoms with Crippen molar-refractivity contribution in [2.75, 3.05) is 0 Å². The number of aldehydes is 1. The van der Waals surface area contributed by atoms with E-state index in [2.05, 4.69) is 0 Å². The second-order valence-corrected chi connectivity index (χ2v) is 7.90. The van der Waals surface area contributed by atoms with Crippen molar-refractivity contribution >= 4 is 24.2 Å². The van der Waals surface area contributed by atoms with E-state index in [0.29, 0.717) is 0 Å². The standard InChI is InChI=1S/C22H32N2O7/c1-13(2)19(23)21(27)30-16(17(11-25)31-22(28)20(24)14(3)4)10-18(26)29-12-15-8-6-5-7-9-15/h5-9,11,13-14,16-17,19-20H,10,12,23-24H2,1-4H3. The predicted molar refractivity (Wildman–Crippen MR) is 112 cm³/mol. The monoisotopic (exact) mass is 436 g/mol. The molecule has 0 saturated carbocycles. The average molecular weight is 437 g/mol. The fourth-order valence-corrected chi connectivity index (χ4v) is 2.36. The number of carbonyl (C=O) groups is 4. The molecule has 0 bridgehead atoms. The molecule has 31 heavy (non-hydrogen) atoms. The van der Waals surface area contributed by atoms with Crippen LogP contribution in [0.5, 0.6) is 0 Å². The summed E-state index contributed by atoms with van der Waals surface area (Å²) in [6.07, 6.45) is -3.16. The molecule has 4 N–H and O–H groups in total. The van der Waals surface area contributed by atoms with Gasteiger partial charge in [-0.05, 0) is 17.4 Å². The van der Waals surface area contributed by atoms with Gasteiger partial charge >= 0.3 is 17.9 Å². The highest BCUT2D eigenvalue weighted by molar-refractivity contribution is 5.80. The molecular formula is C22H32N2O7. The van der Waals surface area contributed by atoms with E-state index in [1.54, 1.807) is 52.0 Å². The first kappa shape index (κ1) is 26.3. The van der Waals surface area contributed by atoms with E-state index in [-0.39, 0.29) is 24.7 Å². The molecule has 9 heteroatoms. The van der Waals surface area contributed by atoms with Crippen molar-refractivity contribution in [3.8, 4) is 0 Å². The van der Waals surface area contributed by atoms with Crippen molar-refractivity contribution < 1.29 is 33.4 Å². The van der Waals surface area contributed by atoms with Crippen LogP contribution in [-0.4, -0.2) is 48.5 Å². The van der Waals surface area contributed by atoms with Gasteiger partial charge in [0, 0.05) is 0 Å². The number of benzene rings is 1. The third-order valence-electron chi connectivity index (χ3n) is 4.61. The number of esters is 3. The van der Waals surface area contributed by atoms with Gasteiger partial charge in [0.15, 0.2) is 18.5 Å². The lowest BCUT2D eigenvalue weighted by Crippen LogP contribution is -2.46. The Morgan fingerprint density at radius 2 is 1.42 bits per heavy atom. The molecule has 0 saturated heterocycles. The second kappa shape index (κ2) is 12.8. The van der Waals surface area contributed by atoms with Gasteiger partial charge < -0.3 is 25.7 Å². The summed E-state index contributed by atoms with van der Waals surface area (Å²) in [6.45, 7) is 6.85. The summed E-state index contributed by atoms with van der Waals surface area (Å²) in [7, 11) is 0. The molecule has 1 rings (SSSR count). The van der Waals surface area contributed by atoms with E-state index in [4.69, 9.17) is 25.7 Å². The van der Waals surface area contributed by atoms with Gasteiger partial charge in [0.2, 0.25) is 0 Å².